The van der Waals surface area contributed by atoms with E-state index in [2.05, 4.69) is 4.90 Å². The molecular weight excluding hydrogens is 200 g/mol. The van der Waals surface area contributed by atoms with Crippen LogP contribution in [0.5, 0.6) is 0 Å². The van der Waals surface area contributed by atoms with Gasteiger partial charge in [-0.25, -0.2) is 0 Å². The summed E-state index contributed by atoms with van der Waals surface area (Å²) in [5, 5.41) is 9.81. The summed E-state index contributed by atoms with van der Waals surface area (Å²) in [7, 11) is 0. The number of aliphatic hydroxyl groups is 1. The molecule has 0 bridgehead atoms. The SMILES string of the molecule is CC(O)(CN)CCCN1CC2CCCC2C1. The smallest absolute Gasteiger partial charge is 0.0741 e. The first kappa shape index (κ1) is 12.3. The summed E-state index contributed by atoms with van der Waals surface area (Å²) in [6.07, 6.45) is 6.24. The van der Waals surface area contributed by atoms with Crippen molar-refractivity contribution in [1.29, 1.82) is 0 Å². The van der Waals surface area contributed by atoms with E-state index in [1.54, 1.807) is 0 Å². The lowest BCUT2D eigenvalue weighted by molar-refractivity contribution is 0.0549. The summed E-state index contributed by atoms with van der Waals surface area (Å²) in [5.41, 5.74) is 4.85. The van der Waals surface area contributed by atoms with E-state index in [9.17, 15) is 5.11 Å². The first-order valence-electron chi connectivity index (χ1n) is 6.75. The van der Waals surface area contributed by atoms with Gasteiger partial charge in [0.25, 0.3) is 0 Å². The summed E-state index contributed by atoms with van der Waals surface area (Å²) in [6.45, 7) is 5.96. The van der Waals surface area contributed by atoms with Crippen LogP contribution in [-0.4, -0.2) is 41.8 Å². The molecule has 1 aliphatic heterocycles. The van der Waals surface area contributed by atoms with Crippen molar-refractivity contribution in [2.45, 2.75) is 44.6 Å². The van der Waals surface area contributed by atoms with Crippen molar-refractivity contribution < 1.29 is 5.11 Å². The molecule has 2 aliphatic rings. The monoisotopic (exact) mass is 226 g/mol. The van der Waals surface area contributed by atoms with E-state index < -0.39 is 5.60 Å². The molecule has 0 aromatic carbocycles. The molecule has 3 N–H and O–H groups in total. The Hall–Kier alpha value is -0.120. The minimum absolute atomic E-state index is 0.373. The Morgan fingerprint density at radius 1 is 1.31 bits per heavy atom. The van der Waals surface area contributed by atoms with E-state index in [4.69, 9.17) is 5.73 Å². The van der Waals surface area contributed by atoms with Crippen molar-refractivity contribution in [3.8, 4) is 0 Å². The van der Waals surface area contributed by atoms with Crippen molar-refractivity contribution in [3.05, 3.63) is 0 Å². The Balaban J connectivity index is 1.65. The molecular formula is C13H26N2O. The highest BCUT2D eigenvalue weighted by Crippen LogP contribution is 2.37. The third kappa shape index (κ3) is 2.96. The van der Waals surface area contributed by atoms with Crippen LogP contribution in [0.1, 0.15) is 39.0 Å². The average molecular weight is 226 g/mol. The predicted molar refractivity (Wildman–Crippen MR) is 66.2 cm³/mol. The Morgan fingerprint density at radius 2 is 1.94 bits per heavy atom. The zero-order valence-electron chi connectivity index (χ0n) is 10.5. The van der Waals surface area contributed by atoms with Gasteiger partial charge in [-0.1, -0.05) is 6.42 Å². The van der Waals surface area contributed by atoms with E-state index >= 15 is 0 Å². The van der Waals surface area contributed by atoms with Crippen molar-refractivity contribution in [1.82, 2.24) is 4.90 Å². The van der Waals surface area contributed by atoms with E-state index in [-0.39, 0.29) is 0 Å². The molecule has 2 rings (SSSR count). The molecule has 3 heteroatoms. The van der Waals surface area contributed by atoms with E-state index in [1.807, 2.05) is 6.92 Å². The Labute approximate surface area is 99.0 Å². The number of rotatable bonds is 5. The second-order valence-corrected chi connectivity index (χ2v) is 6.02. The second-order valence-electron chi connectivity index (χ2n) is 6.02. The molecule has 3 atom stereocenters. The van der Waals surface area contributed by atoms with Crippen molar-refractivity contribution in [2.75, 3.05) is 26.2 Å². The largest absolute Gasteiger partial charge is 0.389 e. The van der Waals surface area contributed by atoms with Gasteiger partial charge < -0.3 is 15.7 Å². The number of hydrogen-bond donors (Lipinski definition) is 2. The Bertz CT molecular complexity index is 218. The lowest BCUT2D eigenvalue weighted by Gasteiger charge is -2.23. The number of nitrogens with zero attached hydrogens (tertiary/aromatic N) is 1. The molecule has 0 aromatic rings. The first-order chi connectivity index (χ1) is 7.61. The fourth-order valence-corrected chi connectivity index (χ4v) is 3.30. The third-order valence-electron chi connectivity index (χ3n) is 4.43. The van der Waals surface area contributed by atoms with Gasteiger partial charge in [0.2, 0.25) is 0 Å². The number of hydrogen-bond acceptors (Lipinski definition) is 3. The van der Waals surface area contributed by atoms with Crippen LogP contribution in [0.3, 0.4) is 0 Å². The quantitative estimate of drug-likeness (QED) is 0.741. The molecule has 0 aromatic heterocycles. The van der Waals surface area contributed by atoms with Crippen LogP contribution in [0.4, 0.5) is 0 Å². The molecule has 0 spiro atoms. The molecule has 16 heavy (non-hydrogen) atoms. The highest BCUT2D eigenvalue weighted by atomic mass is 16.3. The minimum Gasteiger partial charge on any atom is -0.389 e. The number of nitrogens with two attached hydrogens (primary N) is 1. The maximum absolute atomic E-state index is 9.81. The third-order valence-corrected chi connectivity index (χ3v) is 4.43. The highest BCUT2D eigenvalue weighted by molar-refractivity contribution is 4.88. The van der Waals surface area contributed by atoms with Crippen molar-refractivity contribution in [2.24, 2.45) is 17.6 Å². The minimum atomic E-state index is -0.657. The van der Waals surface area contributed by atoms with Crippen molar-refractivity contribution in [3.63, 3.8) is 0 Å². The molecule has 1 aliphatic carbocycles. The van der Waals surface area contributed by atoms with E-state index in [0.717, 1.165) is 31.2 Å². The standard InChI is InChI=1S/C13H26N2O/c1-13(16,10-14)6-3-7-15-8-11-4-2-5-12(11)9-15/h11-12,16H,2-10,14H2,1H3. The van der Waals surface area contributed by atoms with Crippen LogP contribution < -0.4 is 5.73 Å². The van der Waals surface area contributed by atoms with Crippen LogP contribution in [0, 0.1) is 11.8 Å². The van der Waals surface area contributed by atoms with Crippen LogP contribution in [0.15, 0.2) is 0 Å². The lowest BCUT2D eigenvalue weighted by Crippen LogP contribution is -2.35. The Morgan fingerprint density at radius 3 is 2.50 bits per heavy atom. The molecule has 3 unspecified atom stereocenters. The van der Waals surface area contributed by atoms with Crippen LogP contribution in [-0.2, 0) is 0 Å². The highest BCUT2D eigenvalue weighted by Gasteiger charge is 2.35. The second kappa shape index (κ2) is 5.03. The van der Waals surface area contributed by atoms with E-state index in [1.165, 1.54) is 32.4 Å². The Kier molecular flexibility index (Phi) is 3.88. The molecule has 0 amide bonds. The zero-order valence-corrected chi connectivity index (χ0v) is 10.5. The van der Waals surface area contributed by atoms with Gasteiger partial charge in [0.15, 0.2) is 0 Å². The summed E-state index contributed by atoms with van der Waals surface area (Å²) in [6, 6.07) is 0. The van der Waals surface area contributed by atoms with Gasteiger partial charge in [-0.15, -0.1) is 0 Å². The summed E-state index contributed by atoms with van der Waals surface area (Å²) in [4.78, 5) is 2.58. The maximum atomic E-state index is 9.81. The molecule has 1 saturated carbocycles. The van der Waals surface area contributed by atoms with Gasteiger partial charge >= 0.3 is 0 Å². The van der Waals surface area contributed by atoms with Crippen molar-refractivity contribution >= 4 is 0 Å². The van der Waals surface area contributed by atoms with Crippen LogP contribution >= 0.6 is 0 Å². The van der Waals surface area contributed by atoms with Gasteiger partial charge in [-0.3, -0.25) is 0 Å². The molecule has 1 heterocycles. The van der Waals surface area contributed by atoms with Crippen LogP contribution in [0.2, 0.25) is 0 Å². The van der Waals surface area contributed by atoms with Crippen LogP contribution in [0.25, 0.3) is 0 Å². The molecule has 0 radical (unpaired) electrons. The molecule has 94 valence electrons. The maximum Gasteiger partial charge on any atom is 0.0741 e. The van der Waals surface area contributed by atoms with Gasteiger partial charge in [0, 0.05) is 19.6 Å². The van der Waals surface area contributed by atoms with E-state index in [0.29, 0.717) is 6.54 Å². The number of fused-ring (bicyclic) bond motifs is 1. The first-order valence-corrected chi connectivity index (χ1v) is 6.75. The van der Waals surface area contributed by atoms with Gasteiger partial charge in [-0.05, 0) is 51.0 Å². The molecule has 1 saturated heterocycles. The average Bonchev–Trinajstić information content (AvgIpc) is 2.77. The van der Waals surface area contributed by atoms with Gasteiger partial charge in [0.1, 0.15) is 0 Å². The summed E-state index contributed by atoms with van der Waals surface area (Å²) >= 11 is 0. The summed E-state index contributed by atoms with van der Waals surface area (Å²) < 4.78 is 0. The fourth-order valence-electron chi connectivity index (χ4n) is 3.30. The molecule has 2 fully saturated rings. The normalized spacial score (nSPS) is 33.9. The lowest BCUT2D eigenvalue weighted by atomic mass is 10.0. The zero-order chi connectivity index (χ0) is 11.6. The van der Waals surface area contributed by atoms with Gasteiger partial charge in [0.05, 0.1) is 5.60 Å². The molecule has 3 nitrogen and oxygen atoms in total. The summed E-state index contributed by atoms with van der Waals surface area (Å²) in [5.74, 6) is 1.96. The topological polar surface area (TPSA) is 49.5 Å². The number of likely N-dealkylation sites (tertiary alicyclic amines) is 1. The van der Waals surface area contributed by atoms with Gasteiger partial charge in [-0.2, -0.15) is 0 Å². The predicted octanol–water partition coefficient (Wildman–Crippen LogP) is 1.21. The fraction of sp³-hybridized carbons (Fsp3) is 1.00.